The minimum absolute atomic E-state index is 0.0647. The highest BCUT2D eigenvalue weighted by Gasteiger charge is 2.39. The van der Waals surface area contributed by atoms with E-state index in [9.17, 15) is 5.11 Å². The molecule has 6 heteroatoms. The number of piperidine rings is 1. The number of hydrogen-bond acceptors (Lipinski definition) is 6. The van der Waals surface area contributed by atoms with Crippen LogP contribution in [0.15, 0.2) is 30.3 Å². The van der Waals surface area contributed by atoms with Crippen LogP contribution >= 0.6 is 0 Å². The number of fused-ring (bicyclic) bond motifs is 1. The van der Waals surface area contributed by atoms with Gasteiger partial charge in [-0.1, -0.05) is 0 Å². The number of pyridine rings is 1. The van der Waals surface area contributed by atoms with Gasteiger partial charge in [0.05, 0.1) is 5.69 Å². The smallest absolute Gasteiger partial charge is 0.151 e. The first kappa shape index (κ1) is 21.5. The molecule has 2 N–H and O–H groups in total. The van der Waals surface area contributed by atoms with E-state index < -0.39 is 0 Å². The molecule has 3 aromatic rings. The van der Waals surface area contributed by atoms with Crippen LogP contribution in [0.5, 0.6) is 5.75 Å². The first-order chi connectivity index (χ1) is 14.4. The third kappa shape index (κ3) is 4.35. The molecule has 0 atom stereocenters. The predicted molar refractivity (Wildman–Crippen MR) is 127 cm³/mol. The zero-order valence-corrected chi connectivity index (χ0v) is 19.6. The van der Waals surface area contributed by atoms with Crippen LogP contribution in [0.1, 0.15) is 51.9 Å². The highest BCUT2D eigenvalue weighted by atomic mass is 16.3. The molecule has 0 radical (unpaired) electrons. The summed E-state index contributed by atoms with van der Waals surface area (Å²) in [7, 11) is 2.09. The maximum atomic E-state index is 10.6. The summed E-state index contributed by atoms with van der Waals surface area (Å²) in [5.74, 6) is 1.05. The quantitative estimate of drug-likeness (QED) is 0.638. The standard InChI is InChI=1S/C25H33N5O/c1-15-10-17-11-22(31)20(12-19(17)16(2)26-15)21-8-9-23(28-27-21)30(7)18-13-24(3,4)29-25(5,6)14-18/h8-12,18,29,31H,13-14H2,1-7H3. The second kappa shape index (κ2) is 7.45. The van der Waals surface area contributed by atoms with Crippen LogP contribution in [0.25, 0.3) is 22.0 Å². The third-order valence-electron chi connectivity index (χ3n) is 6.27. The van der Waals surface area contributed by atoms with Gasteiger partial charge in [-0.2, -0.15) is 0 Å². The predicted octanol–water partition coefficient (Wildman–Crippen LogP) is 4.76. The molecule has 0 saturated carbocycles. The minimum Gasteiger partial charge on any atom is -0.507 e. The van der Waals surface area contributed by atoms with Gasteiger partial charge in [0.15, 0.2) is 5.82 Å². The monoisotopic (exact) mass is 419 g/mol. The van der Waals surface area contributed by atoms with E-state index >= 15 is 0 Å². The molecule has 1 aromatic carbocycles. The number of anilines is 1. The fourth-order valence-corrected chi connectivity index (χ4v) is 5.21. The molecule has 6 nitrogen and oxygen atoms in total. The van der Waals surface area contributed by atoms with Crippen molar-refractivity contribution >= 4 is 16.6 Å². The number of nitrogens with zero attached hydrogens (tertiary/aromatic N) is 4. The maximum absolute atomic E-state index is 10.6. The lowest BCUT2D eigenvalue weighted by molar-refractivity contribution is 0.160. The average molecular weight is 420 g/mol. The van der Waals surface area contributed by atoms with Crippen molar-refractivity contribution in [3.05, 3.63) is 41.7 Å². The van der Waals surface area contributed by atoms with Crippen molar-refractivity contribution in [2.24, 2.45) is 0 Å². The number of phenols is 1. The second-order valence-corrected chi connectivity index (χ2v) is 10.3. The highest BCUT2D eigenvalue weighted by molar-refractivity contribution is 5.91. The Labute approximate surface area is 184 Å². The minimum atomic E-state index is 0.0647. The molecule has 31 heavy (non-hydrogen) atoms. The molecule has 164 valence electrons. The first-order valence-corrected chi connectivity index (χ1v) is 10.9. The van der Waals surface area contributed by atoms with Crippen LogP contribution in [0.4, 0.5) is 5.82 Å². The summed E-state index contributed by atoms with van der Waals surface area (Å²) in [4.78, 5) is 6.78. The Bertz CT molecular complexity index is 1100. The van der Waals surface area contributed by atoms with Gasteiger partial charge in [0.2, 0.25) is 0 Å². The lowest BCUT2D eigenvalue weighted by atomic mass is 9.79. The Hall–Kier alpha value is -2.73. The van der Waals surface area contributed by atoms with Crippen LogP contribution in [0.2, 0.25) is 0 Å². The Morgan fingerprint density at radius 1 is 1.00 bits per heavy atom. The molecular weight excluding hydrogens is 386 g/mol. The largest absolute Gasteiger partial charge is 0.507 e. The van der Waals surface area contributed by atoms with Crippen molar-refractivity contribution in [1.29, 1.82) is 0 Å². The van der Waals surface area contributed by atoms with E-state index in [0.717, 1.165) is 40.8 Å². The van der Waals surface area contributed by atoms with Crippen molar-refractivity contribution in [1.82, 2.24) is 20.5 Å². The zero-order valence-electron chi connectivity index (χ0n) is 19.6. The van der Waals surface area contributed by atoms with Crippen molar-refractivity contribution < 1.29 is 5.11 Å². The molecular formula is C25H33N5O. The Morgan fingerprint density at radius 2 is 1.68 bits per heavy atom. The van der Waals surface area contributed by atoms with Crippen molar-refractivity contribution in [3.8, 4) is 17.0 Å². The van der Waals surface area contributed by atoms with Crippen LogP contribution in [-0.4, -0.2) is 44.5 Å². The normalized spacial score (nSPS) is 18.3. The number of aromatic hydroxyl groups is 1. The summed E-state index contributed by atoms with van der Waals surface area (Å²) >= 11 is 0. The van der Waals surface area contributed by atoms with E-state index in [1.54, 1.807) is 6.07 Å². The first-order valence-electron chi connectivity index (χ1n) is 10.9. The summed E-state index contributed by atoms with van der Waals surface area (Å²) in [6.45, 7) is 13.0. The summed E-state index contributed by atoms with van der Waals surface area (Å²) in [6, 6.07) is 10.0. The lowest BCUT2D eigenvalue weighted by Crippen LogP contribution is -2.62. The number of aromatic nitrogens is 3. The van der Waals surface area contributed by atoms with Gasteiger partial charge in [-0.05, 0) is 90.1 Å². The van der Waals surface area contributed by atoms with Gasteiger partial charge >= 0.3 is 0 Å². The molecule has 3 heterocycles. The Morgan fingerprint density at radius 3 is 2.29 bits per heavy atom. The lowest BCUT2D eigenvalue weighted by Gasteiger charge is -2.49. The van der Waals surface area contributed by atoms with Gasteiger partial charge in [0, 0.05) is 46.5 Å². The molecule has 0 bridgehead atoms. The Balaban J connectivity index is 1.63. The van der Waals surface area contributed by atoms with Gasteiger partial charge in [-0.15, -0.1) is 10.2 Å². The third-order valence-corrected chi connectivity index (χ3v) is 6.27. The van der Waals surface area contributed by atoms with E-state index in [4.69, 9.17) is 0 Å². The van der Waals surface area contributed by atoms with Crippen molar-refractivity contribution in [2.45, 2.75) is 71.5 Å². The van der Waals surface area contributed by atoms with Crippen LogP contribution in [0, 0.1) is 13.8 Å². The van der Waals surface area contributed by atoms with Crippen LogP contribution in [0.3, 0.4) is 0 Å². The summed E-state index contributed by atoms with van der Waals surface area (Å²) in [5.41, 5.74) is 3.34. The topological polar surface area (TPSA) is 74.2 Å². The molecule has 0 unspecified atom stereocenters. The van der Waals surface area contributed by atoms with Crippen molar-refractivity contribution in [3.63, 3.8) is 0 Å². The fraction of sp³-hybridized carbons (Fsp3) is 0.480. The van der Waals surface area contributed by atoms with Crippen LogP contribution < -0.4 is 10.2 Å². The van der Waals surface area contributed by atoms with Gasteiger partial charge in [-0.3, -0.25) is 4.98 Å². The summed E-state index contributed by atoms with van der Waals surface area (Å²) in [6.07, 6.45) is 2.07. The van der Waals surface area contributed by atoms with Gasteiger partial charge in [-0.25, -0.2) is 0 Å². The zero-order chi connectivity index (χ0) is 22.6. The fourth-order valence-electron chi connectivity index (χ4n) is 5.21. The van der Waals surface area contributed by atoms with E-state index in [1.807, 2.05) is 38.1 Å². The molecule has 1 fully saturated rings. The van der Waals surface area contributed by atoms with E-state index in [0.29, 0.717) is 17.3 Å². The highest BCUT2D eigenvalue weighted by Crippen LogP contribution is 2.35. The van der Waals surface area contributed by atoms with Gasteiger partial charge in [0.1, 0.15) is 5.75 Å². The molecule has 4 rings (SSSR count). The Kier molecular flexibility index (Phi) is 5.16. The maximum Gasteiger partial charge on any atom is 0.151 e. The number of hydrogen-bond donors (Lipinski definition) is 2. The van der Waals surface area contributed by atoms with Crippen molar-refractivity contribution in [2.75, 3.05) is 11.9 Å². The number of rotatable bonds is 3. The SMILES string of the molecule is Cc1cc2cc(O)c(-c3ccc(N(C)C4CC(C)(C)NC(C)(C)C4)nn3)cc2c(C)n1. The number of aryl methyl sites for hydroxylation is 2. The van der Waals surface area contributed by atoms with Gasteiger partial charge in [0.25, 0.3) is 0 Å². The molecule has 1 aliphatic heterocycles. The summed E-state index contributed by atoms with van der Waals surface area (Å²) in [5, 5.41) is 25.3. The molecule has 2 aromatic heterocycles. The van der Waals surface area contributed by atoms with E-state index in [-0.39, 0.29) is 16.8 Å². The number of nitrogens with one attached hydrogen (secondary N) is 1. The number of benzene rings is 1. The van der Waals surface area contributed by atoms with Gasteiger partial charge < -0.3 is 15.3 Å². The second-order valence-electron chi connectivity index (χ2n) is 10.3. The van der Waals surface area contributed by atoms with E-state index in [2.05, 4.69) is 60.1 Å². The molecule has 1 aliphatic rings. The average Bonchev–Trinajstić information content (AvgIpc) is 2.64. The molecule has 0 amide bonds. The van der Waals surface area contributed by atoms with E-state index in [1.165, 1.54) is 0 Å². The molecule has 1 saturated heterocycles. The van der Waals surface area contributed by atoms with Crippen LogP contribution in [-0.2, 0) is 0 Å². The summed E-state index contributed by atoms with van der Waals surface area (Å²) < 4.78 is 0. The number of phenolic OH excluding ortho intramolecular Hbond substituents is 1. The molecule has 0 aliphatic carbocycles. The molecule has 0 spiro atoms.